The summed E-state index contributed by atoms with van der Waals surface area (Å²) in [6.07, 6.45) is 0. The van der Waals surface area contributed by atoms with Gasteiger partial charge in [0, 0.05) is 54.4 Å². The molecule has 12 rings (SSSR count). The van der Waals surface area contributed by atoms with Gasteiger partial charge in [-0.1, -0.05) is 127 Å². The van der Waals surface area contributed by atoms with Gasteiger partial charge in [-0.3, -0.25) is 0 Å². The second kappa shape index (κ2) is 11.2. The molecule has 0 radical (unpaired) electrons. The Labute approximate surface area is 316 Å². The molecular formula is C51H31NOS. The lowest BCUT2D eigenvalue weighted by molar-refractivity contribution is 0.669. The van der Waals surface area contributed by atoms with Crippen molar-refractivity contribution in [2.45, 2.75) is 5.41 Å². The van der Waals surface area contributed by atoms with E-state index in [0.717, 1.165) is 39.0 Å². The van der Waals surface area contributed by atoms with E-state index in [4.69, 9.17) is 4.42 Å². The van der Waals surface area contributed by atoms with Gasteiger partial charge in [0.05, 0.1) is 5.41 Å². The summed E-state index contributed by atoms with van der Waals surface area (Å²) >= 11 is 1.96. The fraction of sp³-hybridized carbons (Fsp3) is 0.0196. The first kappa shape index (κ1) is 29.9. The normalized spacial score (nSPS) is 15.1. The molecule has 2 aliphatic rings. The van der Waals surface area contributed by atoms with Gasteiger partial charge in [0.15, 0.2) is 0 Å². The Hall–Kier alpha value is -6.68. The molecule has 1 atom stereocenters. The molecule has 0 aliphatic heterocycles. The van der Waals surface area contributed by atoms with Gasteiger partial charge in [-0.05, 0) is 99.1 Å². The first-order valence-electron chi connectivity index (χ1n) is 18.5. The number of furan rings is 1. The highest BCUT2D eigenvalue weighted by Gasteiger charge is 2.53. The summed E-state index contributed by atoms with van der Waals surface area (Å²) in [7, 11) is 0. The maximum absolute atomic E-state index is 6.37. The van der Waals surface area contributed by atoms with Crippen LogP contribution in [0, 0.1) is 0 Å². The van der Waals surface area contributed by atoms with E-state index in [9.17, 15) is 0 Å². The Kier molecular flexibility index (Phi) is 6.17. The van der Waals surface area contributed by atoms with E-state index < -0.39 is 0 Å². The van der Waals surface area contributed by atoms with Gasteiger partial charge in [-0.2, -0.15) is 0 Å². The summed E-state index contributed by atoms with van der Waals surface area (Å²) in [5.74, 6) is 0. The van der Waals surface area contributed by atoms with Crippen molar-refractivity contribution in [2.24, 2.45) is 0 Å². The van der Waals surface area contributed by atoms with Crippen molar-refractivity contribution >= 4 is 60.4 Å². The van der Waals surface area contributed by atoms with Gasteiger partial charge in [-0.15, -0.1) is 11.3 Å². The van der Waals surface area contributed by atoms with Crippen LogP contribution in [-0.2, 0) is 5.41 Å². The van der Waals surface area contributed by atoms with E-state index >= 15 is 0 Å². The lowest BCUT2D eigenvalue weighted by Crippen LogP contribution is -2.24. The summed E-state index contributed by atoms with van der Waals surface area (Å²) < 4.78 is 7.71. The Morgan fingerprint density at radius 3 is 1.94 bits per heavy atom. The largest absolute Gasteiger partial charge is 0.456 e. The smallest absolute Gasteiger partial charge is 0.137 e. The molecule has 2 nitrogen and oxygen atoms in total. The van der Waals surface area contributed by atoms with Crippen molar-refractivity contribution in [3.63, 3.8) is 0 Å². The van der Waals surface area contributed by atoms with Crippen molar-refractivity contribution in [3.05, 3.63) is 210 Å². The van der Waals surface area contributed by atoms with Gasteiger partial charge in [0.2, 0.25) is 0 Å². The second-order valence-electron chi connectivity index (χ2n) is 14.4. The van der Waals surface area contributed by atoms with Gasteiger partial charge in [-0.25, -0.2) is 0 Å². The summed E-state index contributed by atoms with van der Waals surface area (Å²) in [4.78, 5) is 3.76. The van der Waals surface area contributed by atoms with E-state index in [1.165, 1.54) is 65.0 Å². The fourth-order valence-electron chi connectivity index (χ4n) is 9.42. The fourth-order valence-corrected chi connectivity index (χ4v) is 10.9. The minimum absolute atomic E-state index is 0.382. The van der Waals surface area contributed by atoms with Crippen molar-refractivity contribution in [1.82, 2.24) is 0 Å². The van der Waals surface area contributed by atoms with Crippen LogP contribution in [0.3, 0.4) is 0 Å². The molecule has 0 saturated heterocycles. The van der Waals surface area contributed by atoms with Crippen LogP contribution in [-0.4, -0.2) is 0 Å². The highest BCUT2D eigenvalue weighted by atomic mass is 32.1. The molecule has 3 heteroatoms. The lowest BCUT2D eigenvalue weighted by atomic mass is 9.73. The number of benzene rings is 8. The van der Waals surface area contributed by atoms with Crippen molar-refractivity contribution < 1.29 is 4.42 Å². The Morgan fingerprint density at radius 1 is 0.407 bits per heavy atom. The Morgan fingerprint density at radius 2 is 1.06 bits per heavy atom. The average molecular weight is 706 g/mol. The molecule has 252 valence electrons. The van der Waals surface area contributed by atoms with Crippen LogP contribution in [0.2, 0.25) is 0 Å². The van der Waals surface area contributed by atoms with Crippen LogP contribution in [0.25, 0.3) is 65.4 Å². The Balaban J connectivity index is 1.05. The predicted octanol–water partition coefficient (Wildman–Crippen LogP) is 14.3. The minimum atomic E-state index is -0.382. The molecule has 1 spiro atoms. The first-order valence-corrected chi connectivity index (χ1v) is 19.3. The molecular weight excluding hydrogens is 675 g/mol. The SMILES string of the molecule is c1ccc(N(c2cccc(-c3ccc4c(c3)C3(c5ccccc5-4)c4ccccc4-c4c3sc3ccccc43)c2)c2ccc3c(c2)oc2ccccc23)cc1. The number of hydrogen-bond acceptors (Lipinski definition) is 3. The molecule has 2 heterocycles. The second-order valence-corrected chi connectivity index (χ2v) is 15.5. The monoisotopic (exact) mass is 705 g/mol. The molecule has 2 aliphatic carbocycles. The number of fused-ring (bicyclic) bond motifs is 15. The van der Waals surface area contributed by atoms with Gasteiger partial charge >= 0.3 is 0 Å². The van der Waals surface area contributed by atoms with Crippen LogP contribution in [0.5, 0.6) is 0 Å². The van der Waals surface area contributed by atoms with Crippen LogP contribution in [0.15, 0.2) is 192 Å². The molecule has 0 bridgehead atoms. The van der Waals surface area contributed by atoms with Crippen molar-refractivity contribution in [3.8, 4) is 33.4 Å². The van der Waals surface area contributed by atoms with E-state index in [2.05, 4.69) is 181 Å². The molecule has 54 heavy (non-hydrogen) atoms. The maximum Gasteiger partial charge on any atom is 0.137 e. The van der Waals surface area contributed by atoms with Crippen molar-refractivity contribution in [2.75, 3.05) is 4.90 Å². The van der Waals surface area contributed by atoms with E-state index in [-0.39, 0.29) is 5.41 Å². The summed E-state index contributed by atoms with van der Waals surface area (Å²) in [6.45, 7) is 0. The molecule has 10 aromatic rings. The molecule has 8 aromatic carbocycles. The number of para-hydroxylation sites is 2. The van der Waals surface area contributed by atoms with E-state index in [0.29, 0.717) is 0 Å². The van der Waals surface area contributed by atoms with Crippen LogP contribution in [0.4, 0.5) is 17.1 Å². The van der Waals surface area contributed by atoms with E-state index in [1.54, 1.807) is 0 Å². The molecule has 0 N–H and O–H groups in total. The topological polar surface area (TPSA) is 16.4 Å². The summed E-state index contributed by atoms with van der Waals surface area (Å²) in [5, 5.41) is 3.61. The van der Waals surface area contributed by atoms with Gasteiger partial charge < -0.3 is 9.32 Å². The van der Waals surface area contributed by atoms with E-state index in [1.807, 2.05) is 23.5 Å². The molecule has 2 aromatic heterocycles. The molecule has 0 amide bonds. The third-order valence-corrected chi connectivity index (χ3v) is 12.9. The van der Waals surface area contributed by atoms with Gasteiger partial charge in [0.1, 0.15) is 11.2 Å². The highest BCUT2D eigenvalue weighted by molar-refractivity contribution is 7.20. The third-order valence-electron chi connectivity index (χ3n) is 11.7. The zero-order chi connectivity index (χ0) is 35.4. The maximum atomic E-state index is 6.37. The number of thiophene rings is 1. The average Bonchev–Trinajstić information content (AvgIpc) is 3.96. The highest BCUT2D eigenvalue weighted by Crippen LogP contribution is 2.66. The quantitative estimate of drug-likeness (QED) is 0.181. The molecule has 0 saturated carbocycles. The number of nitrogens with zero attached hydrogens (tertiary/aromatic N) is 1. The number of anilines is 3. The molecule has 1 unspecified atom stereocenters. The lowest BCUT2D eigenvalue weighted by Gasteiger charge is -2.29. The summed E-state index contributed by atoms with van der Waals surface area (Å²) in [5.41, 5.74) is 16.5. The van der Waals surface area contributed by atoms with Crippen LogP contribution >= 0.6 is 11.3 Å². The Bertz CT molecular complexity index is 3130. The zero-order valence-corrected chi connectivity index (χ0v) is 30.0. The van der Waals surface area contributed by atoms with Crippen LogP contribution < -0.4 is 4.90 Å². The number of hydrogen-bond donors (Lipinski definition) is 0. The van der Waals surface area contributed by atoms with Crippen molar-refractivity contribution in [1.29, 1.82) is 0 Å². The zero-order valence-electron chi connectivity index (χ0n) is 29.2. The predicted molar refractivity (Wildman–Crippen MR) is 226 cm³/mol. The molecule has 0 fully saturated rings. The minimum Gasteiger partial charge on any atom is -0.456 e. The van der Waals surface area contributed by atoms with Gasteiger partial charge in [0.25, 0.3) is 0 Å². The standard InChI is InChI=1S/C51H31NOS/c1-2-14-34(15-3-1)52(36-26-28-40-39-18-6-10-23-46(39)53-47(40)31-36)35-16-12-13-32(29-35)33-25-27-38-37-17-4-8-21-43(37)51(45(38)30-33)44-22-9-5-19-41(44)49-42-20-7-11-24-48(42)54-50(49)51/h1-31H. The third kappa shape index (κ3) is 3.99. The first-order chi connectivity index (χ1) is 26.8. The summed E-state index contributed by atoms with van der Waals surface area (Å²) in [6, 6.07) is 68.7. The van der Waals surface area contributed by atoms with Crippen LogP contribution in [0.1, 0.15) is 21.6 Å². The number of rotatable bonds is 4.